The van der Waals surface area contributed by atoms with E-state index in [0.29, 0.717) is 36.8 Å². The minimum Gasteiger partial charge on any atom is -0.364 e. The van der Waals surface area contributed by atoms with Gasteiger partial charge in [-0.05, 0) is 53.1 Å². The number of hydrogen-bond acceptors (Lipinski definition) is 4. The number of aromatic nitrogens is 2. The molecule has 6 nitrogen and oxygen atoms in total. The average molecular weight is 507 g/mol. The largest absolute Gasteiger partial charge is 0.364 e. The summed E-state index contributed by atoms with van der Waals surface area (Å²) in [5, 5.41) is 0.524. The number of anilines is 1. The molecule has 35 heavy (non-hydrogen) atoms. The van der Waals surface area contributed by atoms with Gasteiger partial charge in [0.25, 0.3) is 5.91 Å². The van der Waals surface area contributed by atoms with Gasteiger partial charge in [0.2, 0.25) is 5.78 Å². The molecular weight excluding hydrogens is 483 g/mol. The number of rotatable bonds is 5. The van der Waals surface area contributed by atoms with Crippen LogP contribution < -0.4 is 4.90 Å². The number of hydrogen-bond donors (Lipinski definition) is 1. The van der Waals surface area contributed by atoms with E-state index in [2.05, 4.69) is 45.2 Å². The quantitative estimate of drug-likeness (QED) is 0.291. The molecule has 2 heterocycles. The van der Waals surface area contributed by atoms with E-state index in [0.717, 1.165) is 28.1 Å². The number of carbonyl (C=O) groups is 2. The van der Waals surface area contributed by atoms with E-state index in [1.54, 1.807) is 41.7 Å². The van der Waals surface area contributed by atoms with Gasteiger partial charge in [0.15, 0.2) is 0 Å². The molecule has 1 amide bonds. The number of aromatic amines is 1. The fourth-order valence-electron chi connectivity index (χ4n) is 4.26. The highest BCUT2D eigenvalue weighted by Crippen LogP contribution is 2.31. The van der Waals surface area contributed by atoms with Crippen LogP contribution in [0.25, 0.3) is 11.1 Å². The van der Waals surface area contributed by atoms with Crippen LogP contribution in [0.4, 0.5) is 5.69 Å². The van der Waals surface area contributed by atoms with Crippen molar-refractivity contribution < 1.29 is 9.59 Å². The number of ketones is 1. The molecule has 0 bridgehead atoms. The summed E-state index contributed by atoms with van der Waals surface area (Å²) in [5.41, 5.74) is 5.53. The Morgan fingerprint density at radius 2 is 1.71 bits per heavy atom. The lowest BCUT2D eigenvalue weighted by Gasteiger charge is -2.24. The third-order valence-electron chi connectivity index (χ3n) is 6.03. The number of Topliss-reactive ketones (excluding diaryl/α,β-unsaturated/α-hetero) is 1. The molecule has 0 spiro atoms. The first kappa shape index (κ1) is 24.5. The van der Waals surface area contributed by atoms with E-state index in [-0.39, 0.29) is 12.4 Å². The summed E-state index contributed by atoms with van der Waals surface area (Å²) < 4.78 is 0. The second-order valence-electron chi connectivity index (χ2n) is 8.27. The zero-order chi connectivity index (χ0) is 23.5. The average Bonchev–Trinajstić information content (AvgIpc) is 3.32. The molecule has 3 aromatic carbocycles. The van der Waals surface area contributed by atoms with Gasteiger partial charge in [-0.25, -0.2) is 4.98 Å². The van der Waals surface area contributed by atoms with Crippen molar-refractivity contribution in [2.24, 2.45) is 0 Å². The predicted molar refractivity (Wildman–Crippen MR) is 140 cm³/mol. The molecule has 0 saturated carbocycles. The van der Waals surface area contributed by atoms with Crippen molar-refractivity contribution in [2.45, 2.75) is 13.1 Å². The molecule has 4 aromatic rings. The zero-order valence-electron chi connectivity index (χ0n) is 18.9. The maximum atomic E-state index is 13.2. The van der Waals surface area contributed by atoms with E-state index in [9.17, 15) is 9.59 Å². The first-order valence-corrected chi connectivity index (χ1v) is 11.5. The van der Waals surface area contributed by atoms with E-state index >= 15 is 0 Å². The molecule has 0 unspecified atom stereocenters. The Hall–Kier alpha value is -3.61. The lowest BCUT2D eigenvalue weighted by Crippen LogP contribution is -2.39. The molecule has 0 fully saturated rings. The number of benzene rings is 3. The second kappa shape index (κ2) is 10.8. The summed E-state index contributed by atoms with van der Waals surface area (Å²) in [4.78, 5) is 37.3. The summed E-state index contributed by atoms with van der Waals surface area (Å²) in [6.45, 7) is 2.01. The van der Waals surface area contributed by atoms with Crippen LogP contribution in [-0.2, 0) is 17.9 Å². The molecule has 1 N–H and O–H groups in total. The van der Waals surface area contributed by atoms with Gasteiger partial charge >= 0.3 is 0 Å². The number of amides is 1. The molecular formula is C27H24Cl2N4O2. The Morgan fingerprint density at radius 3 is 2.43 bits per heavy atom. The number of halogens is 2. The molecule has 0 saturated heterocycles. The van der Waals surface area contributed by atoms with Gasteiger partial charge in [-0.2, -0.15) is 0 Å². The first-order chi connectivity index (χ1) is 16.6. The lowest BCUT2D eigenvalue weighted by molar-refractivity contribution is -0.126. The van der Waals surface area contributed by atoms with Crippen molar-refractivity contribution in [3.05, 3.63) is 107 Å². The number of H-pyrrole nitrogens is 1. The Morgan fingerprint density at radius 1 is 0.943 bits per heavy atom. The Kier molecular flexibility index (Phi) is 7.54. The normalized spacial score (nSPS) is 12.9. The molecule has 0 radical (unpaired) electrons. The molecule has 1 aromatic heterocycles. The smallest absolute Gasteiger partial charge is 0.295 e. The van der Waals surface area contributed by atoms with Crippen molar-refractivity contribution in [1.82, 2.24) is 14.9 Å². The van der Waals surface area contributed by atoms with Gasteiger partial charge in [0, 0.05) is 42.1 Å². The van der Waals surface area contributed by atoms with Crippen LogP contribution in [0.15, 0.2) is 85.3 Å². The van der Waals surface area contributed by atoms with Gasteiger partial charge in [0.1, 0.15) is 0 Å². The topological polar surface area (TPSA) is 69.3 Å². The van der Waals surface area contributed by atoms with E-state index < -0.39 is 11.7 Å². The molecule has 5 rings (SSSR count). The lowest BCUT2D eigenvalue weighted by atomic mass is 10.0. The Bertz CT molecular complexity index is 1310. The molecule has 178 valence electrons. The van der Waals surface area contributed by atoms with Crippen molar-refractivity contribution >= 4 is 41.4 Å². The molecule has 8 heteroatoms. The SMILES string of the molecule is Cl.O=C(C(=O)N1CCN(Cc2cnc[nH]2)c2ccc(-c3ccccc3)cc2C1)c1ccc(Cl)cc1. The molecule has 0 aliphatic carbocycles. The van der Waals surface area contributed by atoms with Crippen molar-refractivity contribution in [3.8, 4) is 11.1 Å². The van der Waals surface area contributed by atoms with Gasteiger partial charge in [-0.15, -0.1) is 12.4 Å². The number of fused-ring (bicyclic) bond motifs is 1. The highest BCUT2D eigenvalue weighted by atomic mass is 35.5. The fraction of sp³-hybridized carbons (Fsp3) is 0.148. The van der Waals surface area contributed by atoms with Crippen LogP contribution in [-0.4, -0.2) is 39.6 Å². The number of nitrogens with zero attached hydrogens (tertiary/aromatic N) is 3. The monoisotopic (exact) mass is 506 g/mol. The maximum absolute atomic E-state index is 13.2. The predicted octanol–water partition coefficient (Wildman–Crippen LogP) is 5.38. The minimum absolute atomic E-state index is 0. The highest BCUT2D eigenvalue weighted by Gasteiger charge is 2.28. The van der Waals surface area contributed by atoms with Crippen LogP contribution in [0.1, 0.15) is 21.6 Å². The minimum atomic E-state index is -0.528. The van der Waals surface area contributed by atoms with E-state index in [4.69, 9.17) is 11.6 Å². The van der Waals surface area contributed by atoms with Gasteiger partial charge in [-0.1, -0.05) is 48.0 Å². The zero-order valence-corrected chi connectivity index (χ0v) is 20.4. The van der Waals surface area contributed by atoms with Gasteiger partial charge in [0.05, 0.1) is 18.6 Å². The summed E-state index contributed by atoms with van der Waals surface area (Å²) in [6, 6.07) is 22.9. The van der Waals surface area contributed by atoms with Crippen LogP contribution in [0.2, 0.25) is 5.02 Å². The van der Waals surface area contributed by atoms with Crippen LogP contribution in [0.3, 0.4) is 0 Å². The van der Waals surface area contributed by atoms with E-state index in [1.165, 1.54) is 0 Å². The van der Waals surface area contributed by atoms with Crippen LogP contribution in [0, 0.1) is 0 Å². The number of carbonyl (C=O) groups excluding carboxylic acids is 2. The maximum Gasteiger partial charge on any atom is 0.295 e. The number of nitrogens with one attached hydrogen (secondary N) is 1. The molecule has 1 aliphatic heterocycles. The highest BCUT2D eigenvalue weighted by molar-refractivity contribution is 6.42. The van der Waals surface area contributed by atoms with Gasteiger partial charge < -0.3 is 14.8 Å². The van der Waals surface area contributed by atoms with E-state index in [1.807, 2.05) is 18.2 Å². The van der Waals surface area contributed by atoms with Crippen molar-refractivity contribution in [1.29, 1.82) is 0 Å². The Labute approximate surface area is 215 Å². The summed E-state index contributed by atoms with van der Waals surface area (Å²) >= 11 is 5.94. The molecule has 0 atom stereocenters. The van der Waals surface area contributed by atoms with Crippen LogP contribution >= 0.6 is 24.0 Å². The first-order valence-electron chi connectivity index (χ1n) is 11.1. The summed E-state index contributed by atoms with van der Waals surface area (Å²) in [5.74, 6) is -1.04. The van der Waals surface area contributed by atoms with Crippen LogP contribution in [0.5, 0.6) is 0 Å². The summed E-state index contributed by atoms with van der Waals surface area (Å²) in [7, 11) is 0. The number of imidazole rings is 1. The summed E-state index contributed by atoms with van der Waals surface area (Å²) in [6.07, 6.45) is 3.46. The molecule has 1 aliphatic rings. The Balaban J connectivity index is 0.00000289. The third-order valence-corrected chi connectivity index (χ3v) is 6.28. The standard InChI is InChI=1S/C27H23ClN4O2.ClH/c28-23-9-6-20(7-10-23)26(33)27(34)32-13-12-31(17-24-15-29-18-30-24)25-11-8-21(14-22(25)16-32)19-4-2-1-3-5-19;/h1-11,14-15,18H,12-13,16-17H2,(H,29,30);1H. The van der Waals surface area contributed by atoms with Crippen molar-refractivity contribution in [3.63, 3.8) is 0 Å². The van der Waals surface area contributed by atoms with Crippen molar-refractivity contribution in [2.75, 3.05) is 18.0 Å². The fourth-order valence-corrected chi connectivity index (χ4v) is 4.39. The third kappa shape index (κ3) is 5.39. The second-order valence-corrected chi connectivity index (χ2v) is 8.71. The van der Waals surface area contributed by atoms with Gasteiger partial charge in [-0.3, -0.25) is 9.59 Å².